The van der Waals surface area contributed by atoms with Gasteiger partial charge in [0.05, 0.1) is 16.1 Å². The number of nitrogens with zero attached hydrogens (tertiary/aromatic N) is 3. The van der Waals surface area contributed by atoms with Crippen LogP contribution >= 0.6 is 11.6 Å². The quantitative estimate of drug-likeness (QED) is 0.947. The lowest BCUT2D eigenvalue weighted by Gasteiger charge is -2.29. The van der Waals surface area contributed by atoms with Crippen molar-refractivity contribution in [3.8, 4) is 0 Å². The van der Waals surface area contributed by atoms with Gasteiger partial charge >= 0.3 is 0 Å². The molecule has 0 radical (unpaired) electrons. The van der Waals surface area contributed by atoms with Crippen molar-refractivity contribution in [1.82, 2.24) is 14.5 Å². The van der Waals surface area contributed by atoms with Gasteiger partial charge in [-0.2, -0.15) is 0 Å². The summed E-state index contributed by atoms with van der Waals surface area (Å²) >= 11 is 5.79. The van der Waals surface area contributed by atoms with E-state index in [1.807, 2.05) is 4.57 Å². The average molecular weight is 311 g/mol. The molecule has 0 atom stereocenters. The van der Waals surface area contributed by atoms with E-state index < -0.39 is 5.82 Å². The number of piperidine rings is 1. The van der Waals surface area contributed by atoms with Crippen LogP contribution in [-0.2, 0) is 6.54 Å². The van der Waals surface area contributed by atoms with Crippen LogP contribution in [-0.4, -0.2) is 34.6 Å². The van der Waals surface area contributed by atoms with Gasteiger partial charge in [-0.15, -0.1) is 0 Å². The Morgan fingerprint density at radius 3 is 2.81 bits per heavy atom. The Bertz CT molecular complexity index is 647. The van der Waals surface area contributed by atoms with E-state index >= 15 is 0 Å². The highest BCUT2D eigenvalue weighted by molar-refractivity contribution is 6.31. The van der Waals surface area contributed by atoms with E-state index in [9.17, 15) is 4.39 Å². The van der Waals surface area contributed by atoms with Crippen LogP contribution in [0.25, 0.3) is 11.0 Å². The molecule has 4 nitrogen and oxygen atoms in total. The fourth-order valence-electron chi connectivity index (χ4n) is 3.04. The van der Waals surface area contributed by atoms with E-state index in [0.717, 1.165) is 31.6 Å². The van der Waals surface area contributed by atoms with E-state index in [1.54, 1.807) is 0 Å². The number of halogens is 2. The molecule has 0 unspecified atom stereocenters. The van der Waals surface area contributed by atoms with Gasteiger partial charge in [-0.1, -0.05) is 11.6 Å². The largest absolute Gasteiger partial charge is 0.369 e. The highest BCUT2D eigenvalue weighted by Crippen LogP contribution is 2.27. The predicted octanol–water partition coefficient (Wildman–Crippen LogP) is 3.14. The molecule has 6 heteroatoms. The van der Waals surface area contributed by atoms with Gasteiger partial charge in [0.25, 0.3) is 0 Å². The SMILES string of the molecule is CN1CCC(CCn2c(N)nc3cc(Cl)c(F)cc32)CC1. The third kappa shape index (κ3) is 2.99. The normalized spacial score (nSPS) is 17.7. The fourth-order valence-corrected chi connectivity index (χ4v) is 3.19. The lowest BCUT2D eigenvalue weighted by atomic mass is 9.94. The minimum absolute atomic E-state index is 0.0856. The number of hydrogen-bond donors (Lipinski definition) is 1. The van der Waals surface area contributed by atoms with Gasteiger partial charge in [0.1, 0.15) is 5.82 Å². The number of hydrogen-bond acceptors (Lipinski definition) is 3. The van der Waals surface area contributed by atoms with E-state index in [-0.39, 0.29) is 5.02 Å². The molecule has 3 rings (SSSR count). The van der Waals surface area contributed by atoms with Crippen molar-refractivity contribution in [3.05, 3.63) is 23.0 Å². The Balaban J connectivity index is 1.77. The standard InChI is InChI=1S/C15H20ClFN4/c1-20-5-2-10(3-6-20)4-7-21-14-9-12(17)11(16)8-13(14)19-15(21)18/h8-10H,2-7H2,1H3,(H2,18,19). The van der Waals surface area contributed by atoms with Gasteiger partial charge in [-0.05, 0) is 51.4 Å². The second-order valence-electron chi connectivity index (χ2n) is 5.91. The zero-order valence-corrected chi connectivity index (χ0v) is 12.9. The highest BCUT2D eigenvalue weighted by Gasteiger charge is 2.18. The average Bonchev–Trinajstić information content (AvgIpc) is 2.74. The van der Waals surface area contributed by atoms with Gasteiger partial charge in [-0.25, -0.2) is 9.37 Å². The van der Waals surface area contributed by atoms with Gasteiger partial charge in [0, 0.05) is 12.6 Å². The van der Waals surface area contributed by atoms with Crippen molar-refractivity contribution >= 4 is 28.6 Å². The van der Waals surface area contributed by atoms with Crippen molar-refractivity contribution in [2.45, 2.75) is 25.8 Å². The molecule has 0 amide bonds. The highest BCUT2D eigenvalue weighted by atomic mass is 35.5. The zero-order chi connectivity index (χ0) is 15.0. The molecule has 2 aromatic rings. The van der Waals surface area contributed by atoms with Crippen molar-refractivity contribution in [2.24, 2.45) is 5.92 Å². The number of anilines is 1. The molecule has 0 saturated carbocycles. The molecule has 0 bridgehead atoms. The topological polar surface area (TPSA) is 47.1 Å². The second-order valence-corrected chi connectivity index (χ2v) is 6.32. The molecule has 0 spiro atoms. The van der Waals surface area contributed by atoms with Gasteiger partial charge in [0.15, 0.2) is 0 Å². The summed E-state index contributed by atoms with van der Waals surface area (Å²) in [5.74, 6) is 0.708. The van der Waals surface area contributed by atoms with Gasteiger partial charge < -0.3 is 15.2 Å². The molecule has 2 heterocycles. The Hall–Kier alpha value is -1.33. The number of imidazole rings is 1. The maximum absolute atomic E-state index is 13.7. The molecule has 1 aromatic carbocycles. The van der Waals surface area contributed by atoms with Crippen molar-refractivity contribution in [1.29, 1.82) is 0 Å². The number of rotatable bonds is 3. The molecule has 21 heavy (non-hydrogen) atoms. The van der Waals surface area contributed by atoms with E-state index in [2.05, 4.69) is 16.9 Å². The Labute approximate surface area is 128 Å². The van der Waals surface area contributed by atoms with E-state index in [0.29, 0.717) is 17.4 Å². The molecule has 1 saturated heterocycles. The van der Waals surface area contributed by atoms with Crippen LogP contribution in [0.3, 0.4) is 0 Å². The number of benzene rings is 1. The van der Waals surface area contributed by atoms with Crippen molar-refractivity contribution in [2.75, 3.05) is 25.9 Å². The van der Waals surface area contributed by atoms with Crippen LogP contribution < -0.4 is 5.73 Å². The smallest absolute Gasteiger partial charge is 0.201 e. The minimum atomic E-state index is -0.426. The Morgan fingerprint density at radius 1 is 1.38 bits per heavy atom. The molecule has 0 aliphatic carbocycles. The van der Waals surface area contributed by atoms with Crippen LogP contribution in [0.4, 0.5) is 10.3 Å². The molecule has 1 fully saturated rings. The molecule has 1 aliphatic rings. The first-order valence-corrected chi connectivity index (χ1v) is 7.71. The van der Waals surface area contributed by atoms with Crippen LogP contribution in [0.1, 0.15) is 19.3 Å². The number of aryl methyl sites for hydroxylation is 1. The second kappa shape index (κ2) is 5.81. The maximum Gasteiger partial charge on any atom is 0.201 e. The van der Waals surface area contributed by atoms with Crippen molar-refractivity contribution < 1.29 is 4.39 Å². The molecule has 2 N–H and O–H groups in total. The number of fused-ring (bicyclic) bond motifs is 1. The summed E-state index contributed by atoms with van der Waals surface area (Å²) < 4.78 is 15.6. The van der Waals surface area contributed by atoms with Crippen molar-refractivity contribution in [3.63, 3.8) is 0 Å². The summed E-state index contributed by atoms with van der Waals surface area (Å²) in [6, 6.07) is 2.96. The molecular weight excluding hydrogens is 291 g/mol. The lowest BCUT2D eigenvalue weighted by molar-refractivity contribution is 0.208. The number of likely N-dealkylation sites (tertiary alicyclic amines) is 1. The molecule has 1 aromatic heterocycles. The first kappa shape index (κ1) is 14.6. The molecular formula is C15H20ClFN4. The Kier molecular flexibility index (Phi) is 4.04. The fraction of sp³-hybridized carbons (Fsp3) is 0.533. The predicted molar refractivity (Wildman–Crippen MR) is 84.0 cm³/mol. The van der Waals surface area contributed by atoms with Gasteiger partial charge in [0.2, 0.25) is 5.95 Å². The Morgan fingerprint density at radius 2 is 2.10 bits per heavy atom. The van der Waals surface area contributed by atoms with Crippen LogP contribution in [0.15, 0.2) is 12.1 Å². The first-order chi connectivity index (χ1) is 10.0. The number of aromatic nitrogens is 2. The van der Waals surface area contributed by atoms with Crippen LogP contribution in [0.5, 0.6) is 0 Å². The number of nitrogens with two attached hydrogens (primary N) is 1. The van der Waals surface area contributed by atoms with Crippen LogP contribution in [0, 0.1) is 11.7 Å². The van der Waals surface area contributed by atoms with Gasteiger partial charge in [-0.3, -0.25) is 0 Å². The zero-order valence-electron chi connectivity index (χ0n) is 12.1. The summed E-state index contributed by atoms with van der Waals surface area (Å²) in [5.41, 5.74) is 7.35. The first-order valence-electron chi connectivity index (χ1n) is 7.34. The van der Waals surface area contributed by atoms with E-state index in [1.165, 1.54) is 25.0 Å². The summed E-state index contributed by atoms with van der Waals surface area (Å²) in [5, 5.41) is 0.0856. The minimum Gasteiger partial charge on any atom is -0.369 e. The van der Waals surface area contributed by atoms with Crippen LogP contribution in [0.2, 0.25) is 5.02 Å². The summed E-state index contributed by atoms with van der Waals surface area (Å²) in [7, 11) is 2.16. The molecule has 114 valence electrons. The number of nitrogen functional groups attached to an aromatic ring is 1. The third-order valence-corrected chi connectivity index (χ3v) is 4.71. The van der Waals surface area contributed by atoms with E-state index in [4.69, 9.17) is 17.3 Å². The summed E-state index contributed by atoms with van der Waals surface area (Å²) in [4.78, 5) is 6.63. The molecule has 1 aliphatic heterocycles. The summed E-state index contributed by atoms with van der Waals surface area (Å²) in [6.45, 7) is 3.07. The lowest BCUT2D eigenvalue weighted by Crippen LogP contribution is -2.30. The maximum atomic E-state index is 13.7. The third-order valence-electron chi connectivity index (χ3n) is 4.42. The monoisotopic (exact) mass is 310 g/mol. The summed E-state index contributed by atoms with van der Waals surface area (Å²) in [6.07, 6.45) is 3.47.